The number of ether oxygens (including phenoxy) is 9. The molecule has 4 atom stereocenters. The van der Waals surface area contributed by atoms with Gasteiger partial charge in [0.25, 0.3) is 6.57 Å². The lowest BCUT2D eigenvalue weighted by Gasteiger charge is -2.35. The van der Waals surface area contributed by atoms with Gasteiger partial charge in [-0.25, -0.2) is 17.7 Å². The van der Waals surface area contributed by atoms with Crippen LogP contribution in [0.3, 0.4) is 0 Å². The molecule has 13 N–H and O–H groups in total. The van der Waals surface area contributed by atoms with Crippen LogP contribution in [0.1, 0.15) is 98.3 Å². The van der Waals surface area contributed by atoms with E-state index in [1.807, 2.05) is 27.7 Å². The normalized spacial score (nSPS) is 13.6. The SMILES string of the molecule is CC(C)(CNC(=O)C(CCCCNC(=O)COCCOCCOCCON)NC(=O)C(CCCCNC(=O)COCCOCCOCCON)NC(=O)COCCOCCOCCON)CC(C)(C)CC(=O)NCCCCC(CO)COP(C)(=O)S. The van der Waals surface area contributed by atoms with E-state index in [0.29, 0.717) is 104 Å². The summed E-state index contributed by atoms with van der Waals surface area (Å²) in [6.07, 6.45) is 4.80. The van der Waals surface area contributed by atoms with Crippen LogP contribution in [-0.4, -0.2) is 237 Å². The number of hydrogen-bond acceptors (Lipinski definition) is 24. The zero-order chi connectivity index (χ0) is 64.0. The fourth-order valence-corrected chi connectivity index (χ4v) is 9.00. The molecule has 0 saturated heterocycles. The molecule has 4 unspecified atom stereocenters. The Hall–Kier alpha value is -3.28. The molecule has 0 radical (unpaired) electrons. The smallest absolute Gasteiger partial charge is 0.251 e. The summed E-state index contributed by atoms with van der Waals surface area (Å²) < 4.78 is 65.5. The van der Waals surface area contributed by atoms with E-state index in [-0.39, 0.29) is 162 Å². The fraction of sp³-hybridized carbons (Fsp3) is 0.889. The Morgan fingerprint density at radius 1 is 0.465 bits per heavy atom. The van der Waals surface area contributed by atoms with Crippen molar-refractivity contribution in [2.24, 2.45) is 34.4 Å². The Kier molecular flexibility index (Phi) is 52.6. The van der Waals surface area contributed by atoms with Crippen molar-refractivity contribution in [3.8, 4) is 0 Å². The van der Waals surface area contributed by atoms with Gasteiger partial charge in [0.05, 0.1) is 126 Å². The highest BCUT2D eigenvalue weighted by Gasteiger charge is 2.33. The van der Waals surface area contributed by atoms with Crippen LogP contribution in [0.4, 0.5) is 0 Å². The maximum atomic E-state index is 14.2. The van der Waals surface area contributed by atoms with Gasteiger partial charge in [0.1, 0.15) is 31.9 Å². The lowest BCUT2D eigenvalue weighted by molar-refractivity contribution is -0.134. The Bertz CT molecular complexity index is 1800. The zero-order valence-corrected chi connectivity index (χ0v) is 53.6. The maximum absolute atomic E-state index is 14.2. The summed E-state index contributed by atoms with van der Waals surface area (Å²) in [5, 5.41) is 26.9. The highest BCUT2D eigenvalue weighted by atomic mass is 32.7. The molecule has 0 saturated carbocycles. The van der Waals surface area contributed by atoms with Crippen molar-refractivity contribution >= 4 is 54.3 Å². The number of nitrogens with two attached hydrogens (primary N) is 3. The Labute approximate surface area is 514 Å². The molecule has 0 rings (SSSR count). The zero-order valence-electron chi connectivity index (χ0n) is 51.8. The minimum atomic E-state index is -2.96. The molecule has 32 heteroatoms. The van der Waals surface area contributed by atoms with Gasteiger partial charge in [-0.05, 0) is 68.6 Å². The molecule has 0 bridgehead atoms. The van der Waals surface area contributed by atoms with Crippen molar-refractivity contribution in [2.75, 3.05) is 185 Å². The summed E-state index contributed by atoms with van der Waals surface area (Å²) in [4.78, 5) is 93.1. The van der Waals surface area contributed by atoms with E-state index in [1.165, 1.54) is 6.66 Å². The Morgan fingerprint density at radius 3 is 1.22 bits per heavy atom. The molecular weight excluding hydrogens is 1170 g/mol. The van der Waals surface area contributed by atoms with E-state index < -0.39 is 47.2 Å². The molecule has 0 spiro atoms. The van der Waals surface area contributed by atoms with Gasteiger partial charge in [0.15, 0.2) is 0 Å². The van der Waals surface area contributed by atoms with Crippen molar-refractivity contribution in [3.05, 3.63) is 0 Å². The molecule has 0 aromatic carbocycles. The van der Waals surface area contributed by atoms with Gasteiger partial charge < -0.3 is 98.7 Å². The van der Waals surface area contributed by atoms with Crippen molar-refractivity contribution in [1.29, 1.82) is 0 Å². The molecule has 86 heavy (non-hydrogen) atoms. The number of rotatable bonds is 62. The van der Waals surface area contributed by atoms with E-state index in [2.05, 4.69) is 58.7 Å². The number of aliphatic hydroxyl groups is 1. The average Bonchev–Trinajstić information content (AvgIpc) is 3.64. The molecule has 0 aromatic heterocycles. The third kappa shape index (κ3) is 53.7. The van der Waals surface area contributed by atoms with Crippen LogP contribution in [0.25, 0.3) is 0 Å². The number of aliphatic hydroxyl groups excluding tert-OH is 1. The first-order valence-electron chi connectivity index (χ1n) is 29.5. The monoisotopic (exact) mass is 1280 g/mol. The summed E-state index contributed by atoms with van der Waals surface area (Å²) in [6, 6.07) is -2.16. The van der Waals surface area contributed by atoms with E-state index in [1.54, 1.807) is 0 Å². The van der Waals surface area contributed by atoms with Crippen LogP contribution in [0.2, 0.25) is 0 Å². The summed E-state index contributed by atoms with van der Waals surface area (Å²) in [5.41, 5.74) is -0.993. The molecular formula is C54H108N9O21PS. The first-order chi connectivity index (χ1) is 41.2. The number of nitrogens with one attached hydrogen (secondary N) is 6. The van der Waals surface area contributed by atoms with Gasteiger partial charge >= 0.3 is 0 Å². The number of hydrogen-bond donors (Lipinski definition) is 11. The second-order valence-electron chi connectivity index (χ2n) is 21.7. The first-order valence-corrected chi connectivity index (χ1v) is 32.8. The third-order valence-corrected chi connectivity index (χ3v) is 13.2. The molecule has 0 heterocycles. The van der Waals surface area contributed by atoms with Crippen LogP contribution in [-0.2, 0) is 95.0 Å². The molecule has 0 aromatic rings. The standard InChI is InChI=1S/C54H108N9O21PS/c1-53(2,36-47(65)58-15-9-6-12-44(37-64)38-84-85(5,71)86)42-54(3,4)43-61-51(69)45(13-7-10-16-59-48(66)39-78-27-24-72-18-21-75-30-33-81-55)63-52(70)46(62-50(68)41-80-29-26-74-20-23-77-32-35-83-57)14-8-11-17-60-49(67)40-79-28-25-73-19-22-76-31-34-82-56/h44-46,64H,6-43,55-57H2,1-5H3,(H,58,65)(H,59,66)(H,60,67)(H,61,69)(H,62,68)(H,63,70)(H,71,86). The molecule has 30 nitrogen and oxygen atoms in total. The first kappa shape index (κ1) is 82.7. The third-order valence-electron chi connectivity index (χ3n) is 12.2. The van der Waals surface area contributed by atoms with Crippen molar-refractivity contribution in [1.82, 2.24) is 31.9 Å². The molecule has 6 amide bonds. The number of amides is 6. The van der Waals surface area contributed by atoms with Crippen molar-refractivity contribution in [2.45, 2.75) is 110 Å². The lowest BCUT2D eigenvalue weighted by atomic mass is 9.73. The van der Waals surface area contributed by atoms with E-state index in [0.717, 1.165) is 6.42 Å². The van der Waals surface area contributed by atoms with Gasteiger partial charge in [-0.15, -0.1) is 0 Å². The number of thiol groups is 1. The second-order valence-corrected chi connectivity index (χ2v) is 25.8. The molecule has 506 valence electrons. The van der Waals surface area contributed by atoms with E-state index >= 15 is 0 Å². The minimum Gasteiger partial charge on any atom is -0.396 e. The number of unbranched alkanes of at least 4 members (excludes halogenated alkanes) is 3. The van der Waals surface area contributed by atoms with Gasteiger partial charge in [0.2, 0.25) is 35.4 Å². The highest BCUT2D eigenvalue weighted by Crippen LogP contribution is 2.47. The molecule has 0 aliphatic heterocycles. The summed E-state index contributed by atoms with van der Waals surface area (Å²) in [6.45, 7) is 11.7. The summed E-state index contributed by atoms with van der Waals surface area (Å²) in [5.74, 6) is 12.3. The van der Waals surface area contributed by atoms with Gasteiger partial charge in [-0.2, -0.15) is 0 Å². The van der Waals surface area contributed by atoms with Crippen LogP contribution in [0, 0.1) is 16.7 Å². The van der Waals surface area contributed by atoms with Crippen LogP contribution in [0.5, 0.6) is 0 Å². The second kappa shape index (κ2) is 54.6. The van der Waals surface area contributed by atoms with Gasteiger partial charge in [-0.1, -0.05) is 46.4 Å². The number of carbonyl (C=O) groups excluding carboxylic acids is 6. The fourth-order valence-electron chi connectivity index (χ4n) is 8.31. The molecule has 0 aliphatic carbocycles. The number of carbonyl (C=O) groups is 6. The lowest BCUT2D eigenvalue weighted by Crippen LogP contribution is -2.55. The van der Waals surface area contributed by atoms with Crippen molar-refractivity contribution < 1.29 is 100 Å². The van der Waals surface area contributed by atoms with Gasteiger partial charge in [-0.3, -0.25) is 33.3 Å². The molecule has 0 aliphatic rings. The van der Waals surface area contributed by atoms with E-state index in [9.17, 15) is 38.4 Å². The largest absolute Gasteiger partial charge is 0.396 e. The highest BCUT2D eigenvalue weighted by molar-refractivity contribution is 8.46. The predicted molar refractivity (Wildman–Crippen MR) is 321 cm³/mol. The van der Waals surface area contributed by atoms with Crippen LogP contribution >= 0.6 is 18.8 Å². The topological polar surface area (TPSA) is 410 Å². The van der Waals surface area contributed by atoms with E-state index in [4.69, 9.17) is 64.8 Å². The average molecular weight is 1280 g/mol. The van der Waals surface area contributed by atoms with Crippen LogP contribution < -0.4 is 49.6 Å². The maximum Gasteiger partial charge on any atom is 0.251 e. The summed E-state index contributed by atoms with van der Waals surface area (Å²) >= 11 is 3.94. The van der Waals surface area contributed by atoms with Gasteiger partial charge in [0, 0.05) is 51.8 Å². The Morgan fingerprint density at radius 2 is 0.826 bits per heavy atom. The quantitative estimate of drug-likeness (QED) is 0.0165. The van der Waals surface area contributed by atoms with Crippen molar-refractivity contribution in [3.63, 3.8) is 0 Å². The Balaban J connectivity index is 5.82. The molecule has 0 fully saturated rings. The summed E-state index contributed by atoms with van der Waals surface area (Å²) in [7, 11) is 0. The van der Waals surface area contributed by atoms with Crippen LogP contribution in [0.15, 0.2) is 0 Å². The predicted octanol–water partition coefficient (Wildman–Crippen LogP) is -0.0376. The minimum absolute atomic E-state index is 0.0801.